The van der Waals surface area contributed by atoms with E-state index in [2.05, 4.69) is 16.9 Å². The lowest BCUT2D eigenvalue weighted by molar-refractivity contribution is 0.777. The summed E-state index contributed by atoms with van der Waals surface area (Å²) in [5, 5.41) is 0. The number of hydrogen-bond donors (Lipinski definition) is 1. The van der Waals surface area contributed by atoms with Gasteiger partial charge in [-0.15, -0.1) is 0 Å². The van der Waals surface area contributed by atoms with E-state index in [1.165, 1.54) is 0 Å². The molecule has 3 nitrogen and oxygen atoms in total. The van der Waals surface area contributed by atoms with Gasteiger partial charge in [0.15, 0.2) is 0 Å². The fourth-order valence-corrected chi connectivity index (χ4v) is 1.06. The molecule has 0 bridgehead atoms. The molecule has 1 heterocycles. The molecule has 12 heavy (non-hydrogen) atoms. The van der Waals surface area contributed by atoms with Crippen LogP contribution in [-0.2, 0) is 6.42 Å². The molecule has 0 aromatic carbocycles. The Morgan fingerprint density at radius 3 is 2.92 bits per heavy atom. The standard InChI is InChI=1S/C9H14N2O/c1-3-4-5-8-6-10-7(2)11-9(8)12/h6H,3-5H2,1-2H3,(H,10,11,12). The van der Waals surface area contributed by atoms with Gasteiger partial charge in [0, 0.05) is 11.8 Å². The Morgan fingerprint density at radius 1 is 1.58 bits per heavy atom. The van der Waals surface area contributed by atoms with E-state index in [1.54, 1.807) is 13.1 Å². The summed E-state index contributed by atoms with van der Waals surface area (Å²) in [6.07, 6.45) is 4.66. The molecule has 0 aliphatic heterocycles. The number of nitrogens with zero attached hydrogens (tertiary/aromatic N) is 1. The van der Waals surface area contributed by atoms with Crippen molar-refractivity contribution in [2.24, 2.45) is 0 Å². The second kappa shape index (κ2) is 4.04. The van der Waals surface area contributed by atoms with E-state index in [0.717, 1.165) is 24.8 Å². The Balaban J connectivity index is 2.80. The molecule has 66 valence electrons. The molecule has 0 amide bonds. The predicted molar refractivity (Wildman–Crippen MR) is 48.2 cm³/mol. The maximum absolute atomic E-state index is 11.3. The first-order chi connectivity index (χ1) is 5.74. The van der Waals surface area contributed by atoms with Gasteiger partial charge < -0.3 is 4.98 Å². The first-order valence-electron chi connectivity index (χ1n) is 4.29. The topological polar surface area (TPSA) is 45.8 Å². The first kappa shape index (κ1) is 8.97. The van der Waals surface area contributed by atoms with Crippen molar-refractivity contribution >= 4 is 0 Å². The van der Waals surface area contributed by atoms with Crippen LogP contribution in [0.5, 0.6) is 0 Å². The number of aromatic nitrogens is 2. The van der Waals surface area contributed by atoms with Crippen molar-refractivity contribution in [3.63, 3.8) is 0 Å². The van der Waals surface area contributed by atoms with Crippen molar-refractivity contribution < 1.29 is 0 Å². The minimum Gasteiger partial charge on any atom is -0.311 e. The molecule has 0 atom stereocenters. The van der Waals surface area contributed by atoms with E-state index in [1.807, 2.05) is 0 Å². The lowest BCUT2D eigenvalue weighted by atomic mass is 10.1. The summed E-state index contributed by atoms with van der Waals surface area (Å²) in [7, 11) is 0. The number of rotatable bonds is 3. The average Bonchev–Trinajstić information content (AvgIpc) is 2.03. The maximum Gasteiger partial charge on any atom is 0.254 e. The van der Waals surface area contributed by atoms with Crippen molar-refractivity contribution in [3.8, 4) is 0 Å². The summed E-state index contributed by atoms with van der Waals surface area (Å²) in [6, 6.07) is 0. The van der Waals surface area contributed by atoms with Gasteiger partial charge in [0.05, 0.1) is 0 Å². The molecule has 0 radical (unpaired) electrons. The van der Waals surface area contributed by atoms with Gasteiger partial charge in [0.1, 0.15) is 5.82 Å². The number of aryl methyl sites for hydroxylation is 2. The summed E-state index contributed by atoms with van der Waals surface area (Å²) in [5.74, 6) is 0.681. The van der Waals surface area contributed by atoms with Crippen molar-refractivity contribution in [2.45, 2.75) is 33.1 Å². The molecule has 0 aliphatic carbocycles. The highest BCUT2D eigenvalue weighted by atomic mass is 16.1. The van der Waals surface area contributed by atoms with Crippen molar-refractivity contribution in [3.05, 3.63) is 27.9 Å². The fraction of sp³-hybridized carbons (Fsp3) is 0.556. The van der Waals surface area contributed by atoms with Gasteiger partial charge in [-0.25, -0.2) is 4.98 Å². The molecule has 1 N–H and O–H groups in total. The van der Waals surface area contributed by atoms with Crippen LogP contribution in [-0.4, -0.2) is 9.97 Å². The Hall–Kier alpha value is -1.12. The van der Waals surface area contributed by atoms with Crippen molar-refractivity contribution in [1.82, 2.24) is 9.97 Å². The van der Waals surface area contributed by atoms with Crippen LogP contribution < -0.4 is 5.56 Å². The normalized spacial score (nSPS) is 10.2. The van der Waals surface area contributed by atoms with E-state index < -0.39 is 0 Å². The Bertz CT molecular complexity index is 304. The predicted octanol–water partition coefficient (Wildman–Crippen LogP) is 1.42. The smallest absolute Gasteiger partial charge is 0.254 e. The molecule has 0 aliphatic rings. The fourth-order valence-electron chi connectivity index (χ4n) is 1.06. The largest absolute Gasteiger partial charge is 0.311 e. The highest BCUT2D eigenvalue weighted by molar-refractivity contribution is 5.05. The highest BCUT2D eigenvalue weighted by Gasteiger charge is 1.98. The lowest BCUT2D eigenvalue weighted by Gasteiger charge is -1.97. The van der Waals surface area contributed by atoms with Gasteiger partial charge in [-0.05, 0) is 19.8 Å². The summed E-state index contributed by atoms with van der Waals surface area (Å²) < 4.78 is 0. The SMILES string of the molecule is CCCCc1cnc(C)[nH]c1=O. The second-order valence-electron chi connectivity index (χ2n) is 2.93. The molecular weight excluding hydrogens is 152 g/mol. The number of hydrogen-bond acceptors (Lipinski definition) is 2. The van der Waals surface area contributed by atoms with Gasteiger partial charge in [-0.1, -0.05) is 13.3 Å². The molecule has 1 rings (SSSR count). The van der Waals surface area contributed by atoms with Crippen LogP contribution in [0, 0.1) is 6.92 Å². The third kappa shape index (κ3) is 2.19. The monoisotopic (exact) mass is 166 g/mol. The van der Waals surface area contributed by atoms with Crippen molar-refractivity contribution in [2.75, 3.05) is 0 Å². The molecule has 3 heteroatoms. The molecule has 0 unspecified atom stereocenters. The summed E-state index contributed by atoms with van der Waals surface area (Å²) >= 11 is 0. The van der Waals surface area contributed by atoms with Crippen molar-refractivity contribution in [1.29, 1.82) is 0 Å². The molecule has 0 saturated heterocycles. The summed E-state index contributed by atoms with van der Waals surface area (Å²) in [6.45, 7) is 3.89. The van der Waals surface area contributed by atoms with Gasteiger partial charge in [-0.2, -0.15) is 0 Å². The van der Waals surface area contributed by atoms with Crippen LogP contribution in [0.4, 0.5) is 0 Å². The van der Waals surface area contributed by atoms with E-state index in [9.17, 15) is 4.79 Å². The first-order valence-corrected chi connectivity index (χ1v) is 4.29. The van der Waals surface area contributed by atoms with E-state index in [0.29, 0.717) is 5.82 Å². The average molecular weight is 166 g/mol. The van der Waals surface area contributed by atoms with Crippen LogP contribution in [0.25, 0.3) is 0 Å². The number of aromatic amines is 1. The zero-order valence-corrected chi connectivity index (χ0v) is 7.55. The molecule has 0 fully saturated rings. The summed E-state index contributed by atoms with van der Waals surface area (Å²) in [5.41, 5.74) is 0.804. The Morgan fingerprint density at radius 2 is 2.33 bits per heavy atom. The highest BCUT2D eigenvalue weighted by Crippen LogP contribution is 1.97. The van der Waals surface area contributed by atoms with Crippen LogP contribution in [0.3, 0.4) is 0 Å². The zero-order valence-electron chi connectivity index (χ0n) is 7.55. The second-order valence-corrected chi connectivity index (χ2v) is 2.93. The van der Waals surface area contributed by atoms with Gasteiger partial charge in [-0.3, -0.25) is 4.79 Å². The van der Waals surface area contributed by atoms with E-state index in [-0.39, 0.29) is 5.56 Å². The lowest BCUT2D eigenvalue weighted by Crippen LogP contribution is -2.14. The van der Waals surface area contributed by atoms with Gasteiger partial charge in [0.2, 0.25) is 0 Å². The minimum absolute atomic E-state index is 0.0101. The van der Waals surface area contributed by atoms with Crippen LogP contribution in [0.2, 0.25) is 0 Å². The van der Waals surface area contributed by atoms with E-state index in [4.69, 9.17) is 0 Å². The molecule has 1 aromatic rings. The van der Waals surface area contributed by atoms with Crippen LogP contribution in [0.1, 0.15) is 31.2 Å². The van der Waals surface area contributed by atoms with Crippen LogP contribution in [0.15, 0.2) is 11.0 Å². The maximum atomic E-state index is 11.3. The molecular formula is C9H14N2O. The number of unbranched alkanes of at least 4 members (excludes halogenated alkanes) is 1. The molecule has 0 saturated carbocycles. The molecule has 1 aromatic heterocycles. The van der Waals surface area contributed by atoms with Crippen LogP contribution >= 0.6 is 0 Å². The van der Waals surface area contributed by atoms with Gasteiger partial charge >= 0.3 is 0 Å². The summed E-state index contributed by atoms with van der Waals surface area (Å²) in [4.78, 5) is 18.0. The third-order valence-corrected chi connectivity index (χ3v) is 1.80. The zero-order chi connectivity index (χ0) is 8.97. The number of H-pyrrole nitrogens is 1. The molecule has 0 spiro atoms. The van der Waals surface area contributed by atoms with Gasteiger partial charge in [0.25, 0.3) is 5.56 Å². The van der Waals surface area contributed by atoms with E-state index >= 15 is 0 Å². The Kier molecular flexibility index (Phi) is 3.02. The third-order valence-electron chi connectivity index (χ3n) is 1.80. The Labute approximate surface area is 71.9 Å². The quantitative estimate of drug-likeness (QED) is 0.738. The number of nitrogens with one attached hydrogen (secondary N) is 1. The minimum atomic E-state index is 0.0101.